The molecule has 0 saturated carbocycles. The van der Waals surface area contributed by atoms with E-state index >= 15 is 0 Å². The Morgan fingerprint density at radius 3 is 2.46 bits per heavy atom. The molecule has 0 aliphatic rings. The van der Waals surface area contributed by atoms with Crippen LogP contribution in [0.15, 0.2) is 24.3 Å². The number of anilines is 2. The molecule has 0 aliphatic heterocycles. The highest BCUT2D eigenvalue weighted by Crippen LogP contribution is 2.35. The average Bonchev–Trinajstić information content (AvgIpc) is 3.13. The van der Waals surface area contributed by atoms with Gasteiger partial charge in [0.15, 0.2) is 0 Å². The Hall–Kier alpha value is -2.38. The SMILES string of the molecule is CCC(CCn1nnc2c(N)c3ccccc3c(N)c21)OCCC(C)(C)OC. The van der Waals surface area contributed by atoms with Crippen LogP contribution in [0.4, 0.5) is 11.4 Å². The fraction of sp³-hybridized carbons (Fsp3) is 0.524. The molecule has 0 aliphatic carbocycles. The summed E-state index contributed by atoms with van der Waals surface area (Å²) in [6, 6.07) is 7.85. The first-order valence-corrected chi connectivity index (χ1v) is 9.83. The second-order valence-corrected chi connectivity index (χ2v) is 7.79. The topological polar surface area (TPSA) is 101 Å². The molecule has 0 bridgehead atoms. The smallest absolute Gasteiger partial charge is 0.138 e. The summed E-state index contributed by atoms with van der Waals surface area (Å²) in [5.41, 5.74) is 15.4. The van der Waals surface area contributed by atoms with Crippen LogP contribution in [0.25, 0.3) is 21.8 Å². The van der Waals surface area contributed by atoms with Crippen LogP contribution in [0.5, 0.6) is 0 Å². The maximum atomic E-state index is 6.45. The third kappa shape index (κ3) is 4.05. The number of hydrogen-bond donors (Lipinski definition) is 2. The molecule has 7 heteroatoms. The summed E-state index contributed by atoms with van der Waals surface area (Å²) in [7, 11) is 1.73. The molecule has 1 unspecified atom stereocenters. The molecule has 1 aromatic heterocycles. The minimum atomic E-state index is -0.173. The van der Waals surface area contributed by atoms with Crippen molar-refractivity contribution in [1.29, 1.82) is 0 Å². The molecule has 3 aromatic rings. The second kappa shape index (κ2) is 8.32. The van der Waals surface area contributed by atoms with Crippen molar-refractivity contribution < 1.29 is 9.47 Å². The van der Waals surface area contributed by atoms with Gasteiger partial charge in [0, 0.05) is 31.0 Å². The van der Waals surface area contributed by atoms with Gasteiger partial charge in [0.2, 0.25) is 0 Å². The first-order chi connectivity index (χ1) is 13.4. The highest BCUT2D eigenvalue weighted by Gasteiger charge is 2.19. The Morgan fingerprint density at radius 2 is 1.82 bits per heavy atom. The van der Waals surface area contributed by atoms with E-state index in [1.54, 1.807) is 7.11 Å². The summed E-state index contributed by atoms with van der Waals surface area (Å²) in [5, 5.41) is 10.4. The lowest BCUT2D eigenvalue weighted by atomic mass is 10.0. The molecule has 4 N–H and O–H groups in total. The number of ether oxygens (including phenoxy) is 2. The van der Waals surface area contributed by atoms with Crippen LogP contribution in [0.1, 0.15) is 40.0 Å². The van der Waals surface area contributed by atoms with Gasteiger partial charge in [-0.05, 0) is 33.1 Å². The molecule has 3 rings (SSSR count). The first-order valence-electron chi connectivity index (χ1n) is 9.83. The van der Waals surface area contributed by atoms with Gasteiger partial charge in [-0.1, -0.05) is 36.4 Å². The van der Waals surface area contributed by atoms with Crippen LogP contribution in [0.3, 0.4) is 0 Å². The molecule has 0 fully saturated rings. The van der Waals surface area contributed by atoms with Gasteiger partial charge >= 0.3 is 0 Å². The quantitative estimate of drug-likeness (QED) is 0.430. The van der Waals surface area contributed by atoms with Crippen LogP contribution in [-0.4, -0.2) is 40.4 Å². The molecule has 0 radical (unpaired) electrons. The van der Waals surface area contributed by atoms with E-state index in [1.807, 2.05) is 28.9 Å². The van der Waals surface area contributed by atoms with E-state index in [2.05, 4.69) is 31.1 Å². The lowest BCUT2D eigenvalue weighted by molar-refractivity contribution is -0.0299. The summed E-state index contributed by atoms with van der Waals surface area (Å²) in [6.45, 7) is 7.60. The highest BCUT2D eigenvalue weighted by molar-refractivity contribution is 6.15. The maximum absolute atomic E-state index is 6.45. The van der Waals surface area contributed by atoms with Crippen LogP contribution in [-0.2, 0) is 16.0 Å². The summed E-state index contributed by atoms with van der Waals surface area (Å²) < 4.78 is 13.4. The Balaban J connectivity index is 1.75. The molecular weight excluding hydrogens is 354 g/mol. The number of benzene rings is 2. The number of fused-ring (bicyclic) bond motifs is 2. The zero-order chi connectivity index (χ0) is 20.3. The van der Waals surface area contributed by atoms with Gasteiger partial charge in [-0.15, -0.1) is 5.10 Å². The van der Waals surface area contributed by atoms with Crippen molar-refractivity contribution in [3.05, 3.63) is 24.3 Å². The highest BCUT2D eigenvalue weighted by atomic mass is 16.5. The van der Waals surface area contributed by atoms with Crippen molar-refractivity contribution in [2.24, 2.45) is 0 Å². The van der Waals surface area contributed by atoms with Crippen molar-refractivity contribution in [3.63, 3.8) is 0 Å². The van der Waals surface area contributed by atoms with Gasteiger partial charge < -0.3 is 20.9 Å². The summed E-state index contributed by atoms with van der Waals surface area (Å²) in [4.78, 5) is 0. The fourth-order valence-corrected chi connectivity index (χ4v) is 3.37. The standard InChI is InChI=1S/C21H31N5O2/c1-5-14(28-13-11-21(2,3)27-4)10-12-26-20-18(23)16-9-7-6-8-15(16)17(22)19(20)24-25-26/h6-9,14H,5,10-13,22-23H2,1-4H3. The van der Waals surface area contributed by atoms with E-state index in [-0.39, 0.29) is 11.7 Å². The van der Waals surface area contributed by atoms with Crippen molar-refractivity contribution in [2.75, 3.05) is 25.2 Å². The predicted molar refractivity (Wildman–Crippen MR) is 114 cm³/mol. The van der Waals surface area contributed by atoms with Gasteiger partial charge in [-0.3, -0.25) is 0 Å². The zero-order valence-corrected chi connectivity index (χ0v) is 17.2. The van der Waals surface area contributed by atoms with Crippen LogP contribution >= 0.6 is 0 Å². The number of rotatable bonds is 9. The molecule has 0 spiro atoms. The molecule has 0 amide bonds. The molecule has 152 valence electrons. The molecule has 1 atom stereocenters. The largest absolute Gasteiger partial charge is 0.396 e. The Labute approximate surface area is 166 Å². The fourth-order valence-electron chi connectivity index (χ4n) is 3.37. The van der Waals surface area contributed by atoms with Crippen molar-refractivity contribution in [1.82, 2.24) is 15.0 Å². The van der Waals surface area contributed by atoms with Crippen LogP contribution < -0.4 is 11.5 Å². The molecule has 7 nitrogen and oxygen atoms in total. The summed E-state index contributed by atoms with van der Waals surface area (Å²) in [6.07, 6.45) is 2.75. The molecule has 2 aromatic carbocycles. The van der Waals surface area contributed by atoms with Crippen molar-refractivity contribution in [3.8, 4) is 0 Å². The molecule has 1 heterocycles. The minimum Gasteiger partial charge on any atom is -0.396 e. The Morgan fingerprint density at radius 1 is 1.14 bits per heavy atom. The number of nitrogen functional groups attached to an aromatic ring is 2. The van der Waals surface area contributed by atoms with E-state index in [0.29, 0.717) is 30.0 Å². The minimum absolute atomic E-state index is 0.144. The number of nitrogens with two attached hydrogens (primary N) is 2. The Bertz CT molecular complexity index is 951. The number of aromatic nitrogens is 3. The van der Waals surface area contributed by atoms with E-state index in [9.17, 15) is 0 Å². The first kappa shape index (κ1) is 20.4. The van der Waals surface area contributed by atoms with Gasteiger partial charge in [-0.25, -0.2) is 4.68 Å². The van der Waals surface area contributed by atoms with Gasteiger partial charge in [0.1, 0.15) is 11.0 Å². The monoisotopic (exact) mass is 385 g/mol. The molecule has 0 saturated heterocycles. The van der Waals surface area contributed by atoms with E-state index in [0.717, 1.165) is 35.6 Å². The number of methoxy groups -OCH3 is 1. The number of hydrogen-bond acceptors (Lipinski definition) is 6. The number of aryl methyl sites for hydroxylation is 1. The van der Waals surface area contributed by atoms with E-state index in [1.165, 1.54) is 0 Å². The number of nitrogens with zero attached hydrogens (tertiary/aromatic N) is 3. The third-order valence-corrected chi connectivity index (χ3v) is 5.48. The van der Waals surface area contributed by atoms with Crippen molar-refractivity contribution >= 4 is 33.2 Å². The predicted octanol–water partition coefficient (Wildman–Crippen LogP) is 3.75. The lowest BCUT2D eigenvalue weighted by Gasteiger charge is -2.24. The van der Waals surface area contributed by atoms with Gasteiger partial charge in [-0.2, -0.15) is 0 Å². The third-order valence-electron chi connectivity index (χ3n) is 5.48. The van der Waals surface area contributed by atoms with Gasteiger partial charge in [0.25, 0.3) is 0 Å². The molecule has 28 heavy (non-hydrogen) atoms. The Kier molecular flexibility index (Phi) is 6.05. The maximum Gasteiger partial charge on any atom is 0.138 e. The van der Waals surface area contributed by atoms with Crippen LogP contribution in [0, 0.1) is 0 Å². The summed E-state index contributed by atoms with van der Waals surface area (Å²) in [5.74, 6) is 0. The second-order valence-electron chi connectivity index (χ2n) is 7.79. The van der Waals surface area contributed by atoms with Gasteiger partial charge in [0.05, 0.1) is 23.1 Å². The lowest BCUT2D eigenvalue weighted by Crippen LogP contribution is -2.26. The normalized spacial score (nSPS) is 13.4. The molecular formula is C21H31N5O2. The summed E-state index contributed by atoms with van der Waals surface area (Å²) >= 11 is 0. The zero-order valence-electron chi connectivity index (χ0n) is 17.2. The average molecular weight is 386 g/mol. The van der Waals surface area contributed by atoms with E-state index in [4.69, 9.17) is 20.9 Å². The van der Waals surface area contributed by atoms with E-state index < -0.39 is 0 Å². The van der Waals surface area contributed by atoms with Crippen molar-refractivity contribution in [2.45, 2.75) is 58.3 Å². The van der Waals surface area contributed by atoms with Crippen LogP contribution in [0.2, 0.25) is 0 Å².